The van der Waals surface area contributed by atoms with Crippen molar-refractivity contribution in [3.63, 3.8) is 0 Å². The maximum absolute atomic E-state index is 4.19. The molecule has 1 aromatic carbocycles. The Morgan fingerprint density at radius 3 is 2.79 bits per heavy atom. The number of nitrogens with zero attached hydrogens (tertiary/aromatic N) is 1. The number of hydrogen-bond acceptors (Lipinski definition) is 1. The minimum Gasteiger partial charge on any atom is -0.298 e. The van der Waals surface area contributed by atoms with Gasteiger partial charge in [-0.1, -0.05) is 17.7 Å². The third-order valence-corrected chi connectivity index (χ3v) is 2.03. The molecule has 0 bridgehead atoms. The first-order valence-electron chi connectivity index (χ1n) is 4.24. The molecule has 0 unspecified atom stereocenters. The molecule has 0 N–H and O–H groups in total. The van der Waals surface area contributed by atoms with Crippen molar-refractivity contribution in [1.29, 1.82) is 0 Å². The molecule has 1 aliphatic carbocycles. The van der Waals surface area contributed by atoms with Crippen LogP contribution in [0.1, 0.15) is 5.56 Å². The predicted octanol–water partition coefficient (Wildman–Crippen LogP) is 2.51. The Labute approximate surface area is 97.6 Å². The summed E-state index contributed by atoms with van der Waals surface area (Å²) >= 11 is 0. The molecular weight excluding hydrogens is 350 g/mol. The summed E-state index contributed by atoms with van der Waals surface area (Å²) in [5, 5.41) is 0. The zero-order valence-corrected chi connectivity index (χ0v) is 10.2. The molecule has 0 amide bonds. The Morgan fingerprint density at radius 1 is 1.29 bits per heavy atom. The molecular formula is C12H10IrN-. The zero-order chi connectivity index (χ0) is 9.10. The SMILES string of the molecule is CN=C1C=CC=C1c1[c-]cccc1.[Ir]. The van der Waals surface area contributed by atoms with Gasteiger partial charge in [0.1, 0.15) is 0 Å². The van der Waals surface area contributed by atoms with E-state index in [1.54, 1.807) is 0 Å². The van der Waals surface area contributed by atoms with Gasteiger partial charge in [0.2, 0.25) is 0 Å². The van der Waals surface area contributed by atoms with Crippen molar-refractivity contribution in [3.05, 3.63) is 54.1 Å². The van der Waals surface area contributed by atoms with E-state index in [0.29, 0.717) is 0 Å². The first-order valence-corrected chi connectivity index (χ1v) is 4.24. The van der Waals surface area contributed by atoms with E-state index in [-0.39, 0.29) is 20.1 Å². The molecule has 0 atom stereocenters. The van der Waals surface area contributed by atoms with Crippen LogP contribution in [0.2, 0.25) is 0 Å². The normalized spacial score (nSPS) is 16.6. The van der Waals surface area contributed by atoms with Crippen LogP contribution in [0.25, 0.3) is 5.57 Å². The monoisotopic (exact) mass is 361 g/mol. The number of allylic oxidation sites excluding steroid dienone is 4. The van der Waals surface area contributed by atoms with Gasteiger partial charge in [-0.05, 0) is 6.08 Å². The summed E-state index contributed by atoms with van der Waals surface area (Å²) in [5.41, 5.74) is 3.29. The molecule has 0 fully saturated rings. The van der Waals surface area contributed by atoms with Crippen molar-refractivity contribution in [2.45, 2.75) is 0 Å². The maximum Gasteiger partial charge on any atom is 0.0274 e. The van der Waals surface area contributed by atoms with Crippen LogP contribution in [-0.4, -0.2) is 12.8 Å². The van der Waals surface area contributed by atoms with Gasteiger partial charge in [0.25, 0.3) is 0 Å². The Morgan fingerprint density at radius 2 is 2.14 bits per heavy atom. The van der Waals surface area contributed by atoms with Crippen molar-refractivity contribution in [2.75, 3.05) is 7.05 Å². The van der Waals surface area contributed by atoms with Crippen LogP contribution in [-0.2, 0) is 20.1 Å². The summed E-state index contributed by atoms with van der Waals surface area (Å²) in [6.07, 6.45) is 6.09. The topological polar surface area (TPSA) is 12.4 Å². The summed E-state index contributed by atoms with van der Waals surface area (Å²) in [7, 11) is 1.81. The standard InChI is InChI=1S/C12H10N.Ir/c1-13-12-9-5-8-11(12)10-6-3-2-4-7-10;/h2-6,8-9H,1H3;/q-1;. The van der Waals surface area contributed by atoms with Crippen LogP contribution in [0.5, 0.6) is 0 Å². The average molecular weight is 360 g/mol. The second-order valence-corrected chi connectivity index (χ2v) is 2.82. The minimum atomic E-state index is 0. The maximum atomic E-state index is 4.19. The molecule has 2 rings (SSSR count). The third-order valence-electron chi connectivity index (χ3n) is 2.03. The molecule has 0 spiro atoms. The van der Waals surface area contributed by atoms with Gasteiger partial charge in [0, 0.05) is 32.9 Å². The number of aliphatic imine (C=N–C) groups is 1. The fraction of sp³-hybridized carbons (Fsp3) is 0.0833. The van der Waals surface area contributed by atoms with Gasteiger partial charge in [-0.2, -0.15) is 0 Å². The predicted molar refractivity (Wildman–Crippen MR) is 55.8 cm³/mol. The summed E-state index contributed by atoms with van der Waals surface area (Å²) in [6.45, 7) is 0. The van der Waals surface area contributed by atoms with Gasteiger partial charge in [0.15, 0.2) is 0 Å². The second-order valence-electron chi connectivity index (χ2n) is 2.82. The van der Waals surface area contributed by atoms with Gasteiger partial charge in [-0.25, -0.2) is 0 Å². The zero-order valence-electron chi connectivity index (χ0n) is 7.82. The van der Waals surface area contributed by atoms with Gasteiger partial charge >= 0.3 is 0 Å². The first-order chi connectivity index (χ1) is 6.42. The largest absolute Gasteiger partial charge is 0.298 e. The van der Waals surface area contributed by atoms with Crippen LogP contribution in [0.4, 0.5) is 0 Å². The van der Waals surface area contributed by atoms with Crippen molar-refractivity contribution in [2.24, 2.45) is 4.99 Å². The Balaban J connectivity index is 0.000000980. The van der Waals surface area contributed by atoms with Crippen molar-refractivity contribution in [3.8, 4) is 0 Å². The van der Waals surface area contributed by atoms with Crippen molar-refractivity contribution < 1.29 is 20.1 Å². The molecule has 0 saturated carbocycles. The molecule has 14 heavy (non-hydrogen) atoms. The van der Waals surface area contributed by atoms with E-state index in [1.807, 2.05) is 43.5 Å². The van der Waals surface area contributed by atoms with Gasteiger partial charge < -0.3 is 0 Å². The van der Waals surface area contributed by atoms with E-state index < -0.39 is 0 Å². The van der Waals surface area contributed by atoms with Crippen molar-refractivity contribution >= 4 is 11.3 Å². The second kappa shape index (κ2) is 5.04. The van der Waals surface area contributed by atoms with E-state index in [9.17, 15) is 0 Å². The molecule has 1 aromatic rings. The van der Waals surface area contributed by atoms with Crippen LogP contribution < -0.4 is 0 Å². The summed E-state index contributed by atoms with van der Waals surface area (Å²) in [4.78, 5) is 4.19. The first kappa shape index (κ1) is 11.1. The molecule has 0 heterocycles. The van der Waals surface area contributed by atoms with Crippen LogP contribution >= 0.6 is 0 Å². The van der Waals surface area contributed by atoms with E-state index in [4.69, 9.17) is 0 Å². The molecule has 2 heteroatoms. The Kier molecular flexibility index (Phi) is 3.99. The number of hydrogen-bond donors (Lipinski definition) is 0. The third kappa shape index (κ3) is 2.09. The van der Waals surface area contributed by atoms with E-state index in [2.05, 4.69) is 17.1 Å². The molecule has 1 radical (unpaired) electrons. The fourth-order valence-corrected chi connectivity index (χ4v) is 1.39. The van der Waals surface area contributed by atoms with E-state index in [0.717, 1.165) is 16.8 Å². The number of rotatable bonds is 1. The van der Waals surface area contributed by atoms with E-state index >= 15 is 0 Å². The van der Waals surface area contributed by atoms with Crippen LogP contribution in [0.15, 0.2) is 47.5 Å². The molecule has 73 valence electrons. The smallest absolute Gasteiger partial charge is 0.0274 e. The van der Waals surface area contributed by atoms with Gasteiger partial charge in [-0.3, -0.25) is 4.99 Å². The molecule has 1 nitrogen and oxygen atoms in total. The average Bonchev–Trinajstić information content (AvgIpc) is 2.67. The van der Waals surface area contributed by atoms with Gasteiger partial charge in [0.05, 0.1) is 0 Å². The molecule has 0 aromatic heterocycles. The summed E-state index contributed by atoms with van der Waals surface area (Å²) in [5.74, 6) is 0. The molecule has 1 aliphatic rings. The summed E-state index contributed by atoms with van der Waals surface area (Å²) < 4.78 is 0. The van der Waals surface area contributed by atoms with Gasteiger partial charge in [-0.15, -0.1) is 35.9 Å². The molecule has 0 aliphatic heterocycles. The Bertz CT molecular complexity index is 388. The quantitative estimate of drug-likeness (QED) is 0.683. The van der Waals surface area contributed by atoms with Crippen molar-refractivity contribution in [1.82, 2.24) is 0 Å². The van der Waals surface area contributed by atoms with Crippen LogP contribution in [0, 0.1) is 6.07 Å². The minimum absolute atomic E-state index is 0. The Hall–Kier alpha value is -0.981. The van der Waals surface area contributed by atoms with E-state index in [1.165, 1.54) is 0 Å². The van der Waals surface area contributed by atoms with Crippen LogP contribution in [0.3, 0.4) is 0 Å². The molecule has 0 saturated heterocycles. The summed E-state index contributed by atoms with van der Waals surface area (Å²) in [6, 6.07) is 11.1. The fourth-order valence-electron chi connectivity index (χ4n) is 1.39. The number of benzene rings is 1.